The van der Waals surface area contributed by atoms with Gasteiger partial charge in [0.1, 0.15) is 5.82 Å². The number of hydrogen-bond acceptors (Lipinski definition) is 2. The van der Waals surface area contributed by atoms with E-state index in [0.717, 1.165) is 29.9 Å². The molecule has 2 aromatic rings. The van der Waals surface area contributed by atoms with E-state index < -0.39 is 0 Å². The smallest absolute Gasteiger partial charge is 0.127 e. The van der Waals surface area contributed by atoms with Crippen molar-refractivity contribution in [1.82, 2.24) is 9.55 Å². The Labute approximate surface area is 132 Å². The van der Waals surface area contributed by atoms with E-state index in [1.54, 1.807) is 7.11 Å². The van der Waals surface area contributed by atoms with Crippen molar-refractivity contribution in [3.8, 4) is 0 Å². The summed E-state index contributed by atoms with van der Waals surface area (Å²) in [5.74, 6) is 0.933. The van der Waals surface area contributed by atoms with Gasteiger partial charge >= 0.3 is 0 Å². The van der Waals surface area contributed by atoms with Crippen LogP contribution in [0.1, 0.15) is 37.5 Å². The predicted molar refractivity (Wildman–Crippen MR) is 87.9 cm³/mol. The van der Waals surface area contributed by atoms with E-state index >= 15 is 0 Å². The topological polar surface area (TPSA) is 27.1 Å². The van der Waals surface area contributed by atoms with Crippen molar-refractivity contribution < 1.29 is 4.74 Å². The summed E-state index contributed by atoms with van der Waals surface area (Å²) in [4.78, 5) is 4.69. The fourth-order valence-corrected chi connectivity index (χ4v) is 2.88. The van der Waals surface area contributed by atoms with Crippen LogP contribution in [0.5, 0.6) is 0 Å². The van der Waals surface area contributed by atoms with Crippen LogP contribution >= 0.6 is 34.2 Å². The Balaban J connectivity index is 2.51. The average Bonchev–Trinajstić information content (AvgIpc) is 2.74. The fourth-order valence-electron chi connectivity index (χ4n) is 2.25. The van der Waals surface area contributed by atoms with E-state index in [9.17, 15) is 0 Å². The van der Waals surface area contributed by atoms with Crippen molar-refractivity contribution in [3.63, 3.8) is 0 Å². The number of methoxy groups -OCH3 is 1. The zero-order chi connectivity index (χ0) is 14.0. The van der Waals surface area contributed by atoms with E-state index in [0.29, 0.717) is 6.04 Å². The van der Waals surface area contributed by atoms with Gasteiger partial charge in [-0.2, -0.15) is 0 Å². The molecule has 2 rings (SSSR count). The van der Waals surface area contributed by atoms with Gasteiger partial charge < -0.3 is 9.30 Å². The maximum atomic E-state index is 6.28. The van der Waals surface area contributed by atoms with Crippen LogP contribution in [0.3, 0.4) is 0 Å². The Hall–Kier alpha value is -0.330. The molecule has 0 aliphatic rings. The number of ether oxygens (including phenoxy) is 1. The fraction of sp³-hybridized carbons (Fsp3) is 0.500. The Kier molecular flexibility index (Phi) is 5.09. The molecule has 3 nitrogen and oxygen atoms in total. The quantitative estimate of drug-likeness (QED) is 0.552. The number of rotatable bonds is 5. The van der Waals surface area contributed by atoms with E-state index in [4.69, 9.17) is 16.3 Å². The number of benzene rings is 1. The molecule has 0 fully saturated rings. The summed E-state index contributed by atoms with van der Waals surface area (Å²) in [6.07, 6.45) is 0.949. The molecule has 0 amide bonds. The molecular formula is C14H18ClIN2O. The molecule has 1 heterocycles. The summed E-state index contributed by atoms with van der Waals surface area (Å²) in [5, 5.41) is -0.102. The van der Waals surface area contributed by atoms with E-state index in [-0.39, 0.29) is 5.38 Å². The summed E-state index contributed by atoms with van der Waals surface area (Å²) in [6, 6.07) is 6.64. The maximum Gasteiger partial charge on any atom is 0.127 e. The molecule has 1 aromatic carbocycles. The largest absolute Gasteiger partial charge is 0.385 e. The molecule has 1 aromatic heterocycles. The van der Waals surface area contributed by atoms with Crippen molar-refractivity contribution in [2.24, 2.45) is 0 Å². The molecule has 5 heteroatoms. The van der Waals surface area contributed by atoms with Gasteiger partial charge in [0, 0.05) is 23.3 Å². The first-order valence-electron chi connectivity index (χ1n) is 6.35. The number of alkyl halides is 1. The van der Waals surface area contributed by atoms with Crippen molar-refractivity contribution >= 4 is 45.2 Å². The van der Waals surface area contributed by atoms with Gasteiger partial charge in [0.2, 0.25) is 0 Å². The highest BCUT2D eigenvalue weighted by molar-refractivity contribution is 14.1. The summed E-state index contributed by atoms with van der Waals surface area (Å²) in [6.45, 7) is 4.88. The molecule has 0 aliphatic heterocycles. The highest BCUT2D eigenvalue weighted by atomic mass is 127. The van der Waals surface area contributed by atoms with Crippen LogP contribution in [-0.2, 0) is 4.74 Å². The molecular weight excluding hydrogens is 375 g/mol. The Bertz CT molecular complexity index is 568. The van der Waals surface area contributed by atoms with Gasteiger partial charge in [-0.3, -0.25) is 0 Å². The Morgan fingerprint density at radius 2 is 2.16 bits per heavy atom. The lowest BCUT2D eigenvalue weighted by molar-refractivity contribution is 0.181. The zero-order valence-electron chi connectivity index (χ0n) is 11.4. The van der Waals surface area contributed by atoms with Crippen LogP contribution < -0.4 is 0 Å². The van der Waals surface area contributed by atoms with Crippen molar-refractivity contribution in [1.29, 1.82) is 0 Å². The summed E-state index contributed by atoms with van der Waals surface area (Å²) in [7, 11) is 1.73. The molecule has 2 unspecified atom stereocenters. The van der Waals surface area contributed by atoms with Crippen LogP contribution in [0.25, 0.3) is 11.0 Å². The molecule has 0 aliphatic carbocycles. The van der Waals surface area contributed by atoms with Gasteiger partial charge in [-0.25, -0.2) is 4.98 Å². The highest BCUT2D eigenvalue weighted by Crippen LogP contribution is 2.29. The second-order valence-corrected chi connectivity index (χ2v) is 6.62. The molecule has 19 heavy (non-hydrogen) atoms. The summed E-state index contributed by atoms with van der Waals surface area (Å²) in [5.41, 5.74) is 2.16. The van der Waals surface area contributed by atoms with Crippen LogP contribution in [0, 0.1) is 3.57 Å². The van der Waals surface area contributed by atoms with Gasteiger partial charge in [-0.1, -0.05) is 0 Å². The monoisotopic (exact) mass is 392 g/mol. The average molecular weight is 393 g/mol. The minimum Gasteiger partial charge on any atom is -0.385 e. The van der Waals surface area contributed by atoms with Gasteiger partial charge in [-0.15, -0.1) is 11.6 Å². The standard InChI is InChI=1S/C14H18ClIN2O/c1-9(6-7-19-3)18-13-5-4-11(16)8-12(13)17-14(18)10(2)15/h4-5,8-10H,6-7H2,1-3H3. The molecule has 0 spiro atoms. The molecule has 0 saturated heterocycles. The lowest BCUT2D eigenvalue weighted by atomic mass is 10.2. The van der Waals surface area contributed by atoms with Crippen LogP contribution in [0.2, 0.25) is 0 Å². The lowest BCUT2D eigenvalue weighted by Gasteiger charge is -2.18. The third-order valence-electron chi connectivity index (χ3n) is 3.22. The van der Waals surface area contributed by atoms with Crippen LogP contribution in [0.4, 0.5) is 0 Å². The van der Waals surface area contributed by atoms with Gasteiger partial charge in [0.25, 0.3) is 0 Å². The SMILES string of the molecule is COCCC(C)n1c(C(C)Cl)nc2cc(I)ccc21. The predicted octanol–water partition coefficient (Wildman–Crippen LogP) is 4.54. The first-order valence-corrected chi connectivity index (χ1v) is 7.86. The van der Waals surface area contributed by atoms with Crippen molar-refractivity contribution in [2.75, 3.05) is 13.7 Å². The number of nitrogens with zero attached hydrogens (tertiary/aromatic N) is 2. The van der Waals surface area contributed by atoms with E-state index in [2.05, 4.69) is 57.3 Å². The third-order valence-corrected chi connectivity index (χ3v) is 4.08. The van der Waals surface area contributed by atoms with E-state index in [1.807, 2.05) is 6.92 Å². The lowest BCUT2D eigenvalue weighted by Crippen LogP contribution is -2.11. The zero-order valence-corrected chi connectivity index (χ0v) is 14.3. The van der Waals surface area contributed by atoms with Gasteiger partial charge in [0.15, 0.2) is 0 Å². The maximum absolute atomic E-state index is 6.28. The van der Waals surface area contributed by atoms with Crippen molar-refractivity contribution in [3.05, 3.63) is 27.6 Å². The van der Waals surface area contributed by atoms with Gasteiger partial charge in [0.05, 0.1) is 16.4 Å². The van der Waals surface area contributed by atoms with Gasteiger partial charge in [-0.05, 0) is 61.1 Å². The molecule has 0 saturated carbocycles. The first kappa shape index (κ1) is 15.1. The van der Waals surface area contributed by atoms with E-state index in [1.165, 1.54) is 3.57 Å². The Morgan fingerprint density at radius 1 is 1.42 bits per heavy atom. The highest BCUT2D eigenvalue weighted by Gasteiger charge is 2.18. The first-order chi connectivity index (χ1) is 9.04. The van der Waals surface area contributed by atoms with Crippen molar-refractivity contribution in [2.45, 2.75) is 31.7 Å². The minimum absolute atomic E-state index is 0.102. The van der Waals surface area contributed by atoms with Crippen LogP contribution in [0.15, 0.2) is 18.2 Å². The number of imidazole rings is 1. The van der Waals surface area contributed by atoms with Crippen LogP contribution in [-0.4, -0.2) is 23.3 Å². The number of hydrogen-bond donors (Lipinski definition) is 0. The second kappa shape index (κ2) is 6.41. The normalized spacial score (nSPS) is 14.8. The Morgan fingerprint density at radius 3 is 2.79 bits per heavy atom. The number of aromatic nitrogens is 2. The number of halogens is 2. The molecule has 0 radical (unpaired) electrons. The summed E-state index contributed by atoms with van der Waals surface area (Å²) < 4.78 is 8.60. The number of fused-ring (bicyclic) bond motifs is 1. The molecule has 0 N–H and O–H groups in total. The molecule has 0 bridgehead atoms. The third kappa shape index (κ3) is 3.23. The molecule has 2 atom stereocenters. The molecule has 104 valence electrons. The minimum atomic E-state index is -0.102. The second-order valence-electron chi connectivity index (χ2n) is 4.72. The summed E-state index contributed by atoms with van der Waals surface area (Å²) >= 11 is 8.59.